The molecule has 2 rings (SSSR count). The number of rotatable bonds is 2. The zero-order valence-electron chi connectivity index (χ0n) is 10.4. The van der Waals surface area contributed by atoms with Gasteiger partial charge in [-0.05, 0) is 29.3 Å². The molecule has 0 aliphatic heterocycles. The summed E-state index contributed by atoms with van der Waals surface area (Å²) in [4.78, 5) is 10.0. The van der Waals surface area contributed by atoms with E-state index >= 15 is 0 Å². The molecule has 0 spiro atoms. The molecule has 0 atom stereocenters. The molecule has 0 saturated heterocycles. The number of nitro groups is 1. The van der Waals surface area contributed by atoms with Crippen molar-refractivity contribution < 1.29 is 18.1 Å². The van der Waals surface area contributed by atoms with Crippen molar-refractivity contribution in [2.24, 2.45) is 0 Å². The lowest BCUT2D eigenvalue weighted by atomic mass is 9.98. The Kier molecular flexibility index (Phi) is 3.63. The molecule has 0 unspecified atom stereocenters. The molecule has 0 fully saturated rings. The first-order chi connectivity index (χ1) is 9.82. The predicted molar refractivity (Wildman–Crippen MR) is 68.2 cm³/mol. The van der Waals surface area contributed by atoms with Gasteiger partial charge in [0.05, 0.1) is 16.1 Å². The first-order valence-corrected chi connectivity index (χ1v) is 5.69. The molecule has 0 radical (unpaired) electrons. The van der Waals surface area contributed by atoms with Crippen molar-refractivity contribution in [3.05, 3.63) is 63.7 Å². The van der Waals surface area contributed by atoms with Gasteiger partial charge in [0, 0.05) is 12.1 Å². The third-order valence-electron chi connectivity index (χ3n) is 2.86. The van der Waals surface area contributed by atoms with Crippen LogP contribution in [0.25, 0.3) is 11.1 Å². The summed E-state index contributed by atoms with van der Waals surface area (Å²) >= 11 is 0. The molecule has 7 heteroatoms. The zero-order chi connectivity index (χ0) is 15.6. The van der Waals surface area contributed by atoms with Crippen LogP contribution in [-0.2, 0) is 6.18 Å². The average molecular weight is 292 g/mol. The highest BCUT2D eigenvalue weighted by molar-refractivity contribution is 5.72. The van der Waals surface area contributed by atoms with Crippen molar-refractivity contribution >= 4 is 5.69 Å². The summed E-state index contributed by atoms with van der Waals surface area (Å²) in [6.45, 7) is 0. The lowest BCUT2D eigenvalue weighted by molar-refractivity contribution is -0.384. The Hall–Kier alpha value is -2.88. The summed E-state index contributed by atoms with van der Waals surface area (Å²) in [5, 5.41) is 19.7. The fourth-order valence-corrected chi connectivity index (χ4v) is 1.83. The molecule has 0 saturated carbocycles. The second kappa shape index (κ2) is 5.25. The summed E-state index contributed by atoms with van der Waals surface area (Å²) in [7, 11) is 0. The first kappa shape index (κ1) is 14.5. The first-order valence-electron chi connectivity index (χ1n) is 5.69. The molecule has 0 aromatic heterocycles. The molecule has 0 bridgehead atoms. The number of nitrogens with zero attached hydrogens (tertiary/aromatic N) is 2. The lowest BCUT2D eigenvalue weighted by Gasteiger charge is -2.08. The largest absolute Gasteiger partial charge is 0.416 e. The van der Waals surface area contributed by atoms with E-state index in [2.05, 4.69) is 0 Å². The Labute approximate surface area is 117 Å². The van der Waals surface area contributed by atoms with E-state index in [0.29, 0.717) is 11.1 Å². The van der Waals surface area contributed by atoms with Gasteiger partial charge in [-0.15, -0.1) is 0 Å². The number of hydrogen-bond acceptors (Lipinski definition) is 3. The van der Waals surface area contributed by atoms with Crippen LogP contribution in [0.3, 0.4) is 0 Å². The number of benzene rings is 2. The summed E-state index contributed by atoms with van der Waals surface area (Å²) in [6.07, 6.45) is -4.44. The molecule has 2 aromatic rings. The summed E-state index contributed by atoms with van der Waals surface area (Å²) < 4.78 is 37.4. The van der Waals surface area contributed by atoms with Crippen molar-refractivity contribution in [3.63, 3.8) is 0 Å². The lowest BCUT2D eigenvalue weighted by Crippen LogP contribution is -2.04. The van der Waals surface area contributed by atoms with Crippen LogP contribution in [0.4, 0.5) is 18.9 Å². The van der Waals surface area contributed by atoms with E-state index in [-0.39, 0.29) is 11.3 Å². The van der Waals surface area contributed by atoms with Gasteiger partial charge >= 0.3 is 6.18 Å². The third kappa shape index (κ3) is 3.00. The Bertz CT molecular complexity index is 731. The second-order valence-corrected chi connectivity index (χ2v) is 4.17. The molecule has 0 aliphatic rings. The monoisotopic (exact) mass is 292 g/mol. The maximum Gasteiger partial charge on any atom is 0.416 e. The molecule has 2 aromatic carbocycles. The molecule has 0 heterocycles. The van der Waals surface area contributed by atoms with E-state index in [1.807, 2.05) is 6.07 Å². The molecular formula is C14H7F3N2O2. The summed E-state index contributed by atoms with van der Waals surface area (Å²) in [5.41, 5.74) is -0.288. The van der Waals surface area contributed by atoms with Gasteiger partial charge in [-0.2, -0.15) is 18.4 Å². The number of alkyl halides is 3. The topological polar surface area (TPSA) is 66.9 Å². The minimum Gasteiger partial charge on any atom is -0.258 e. The highest BCUT2D eigenvalue weighted by Crippen LogP contribution is 2.32. The van der Waals surface area contributed by atoms with Gasteiger partial charge in [0.1, 0.15) is 6.07 Å². The van der Waals surface area contributed by atoms with Gasteiger partial charge in [0.25, 0.3) is 5.69 Å². The summed E-state index contributed by atoms with van der Waals surface area (Å²) in [5.74, 6) is 0. The molecule has 4 nitrogen and oxygen atoms in total. The van der Waals surface area contributed by atoms with Crippen LogP contribution < -0.4 is 0 Å². The van der Waals surface area contributed by atoms with E-state index in [1.165, 1.54) is 24.3 Å². The van der Waals surface area contributed by atoms with Gasteiger partial charge in [-0.1, -0.05) is 12.1 Å². The van der Waals surface area contributed by atoms with Crippen LogP contribution >= 0.6 is 0 Å². The Morgan fingerprint density at radius 2 is 1.71 bits per heavy atom. The van der Waals surface area contributed by atoms with Gasteiger partial charge in [0.2, 0.25) is 0 Å². The standard InChI is InChI=1S/C14H7F3N2O2/c15-14(16,17)11-3-1-9(2-4-11)13-6-5-12(19(20)21)7-10(13)8-18/h1-7H. The maximum absolute atomic E-state index is 12.5. The fourth-order valence-electron chi connectivity index (χ4n) is 1.83. The van der Waals surface area contributed by atoms with Crippen molar-refractivity contribution in [1.29, 1.82) is 5.26 Å². The fraction of sp³-hybridized carbons (Fsp3) is 0.0714. The molecule has 21 heavy (non-hydrogen) atoms. The number of nitro benzene ring substituents is 1. The Balaban J connectivity index is 2.47. The second-order valence-electron chi connectivity index (χ2n) is 4.17. The minimum atomic E-state index is -4.44. The summed E-state index contributed by atoms with van der Waals surface area (Å²) in [6, 6.07) is 9.70. The van der Waals surface area contributed by atoms with E-state index in [1.54, 1.807) is 0 Å². The van der Waals surface area contributed by atoms with E-state index in [4.69, 9.17) is 5.26 Å². The van der Waals surface area contributed by atoms with Crippen LogP contribution in [0, 0.1) is 21.4 Å². The van der Waals surface area contributed by atoms with Gasteiger partial charge in [-0.25, -0.2) is 0 Å². The van der Waals surface area contributed by atoms with Crippen molar-refractivity contribution in [3.8, 4) is 17.2 Å². The highest BCUT2D eigenvalue weighted by Gasteiger charge is 2.30. The number of nitriles is 1. The molecule has 0 N–H and O–H groups in total. The number of hydrogen-bond donors (Lipinski definition) is 0. The quantitative estimate of drug-likeness (QED) is 0.616. The van der Waals surface area contributed by atoms with Crippen molar-refractivity contribution in [2.45, 2.75) is 6.18 Å². The van der Waals surface area contributed by atoms with E-state index in [0.717, 1.165) is 18.2 Å². The highest BCUT2D eigenvalue weighted by atomic mass is 19.4. The van der Waals surface area contributed by atoms with E-state index < -0.39 is 16.7 Å². The molecule has 0 aliphatic carbocycles. The van der Waals surface area contributed by atoms with Crippen LogP contribution in [0.1, 0.15) is 11.1 Å². The Morgan fingerprint density at radius 3 is 2.19 bits per heavy atom. The molecule has 106 valence electrons. The predicted octanol–water partition coefficient (Wildman–Crippen LogP) is 4.15. The van der Waals surface area contributed by atoms with E-state index in [9.17, 15) is 23.3 Å². The van der Waals surface area contributed by atoms with Crippen LogP contribution in [-0.4, -0.2) is 4.92 Å². The average Bonchev–Trinajstić information content (AvgIpc) is 2.45. The van der Waals surface area contributed by atoms with Crippen LogP contribution in [0.15, 0.2) is 42.5 Å². The van der Waals surface area contributed by atoms with Crippen molar-refractivity contribution in [2.75, 3.05) is 0 Å². The smallest absolute Gasteiger partial charge is 0.258 e. The van der Waals surface area contributed by atoms with Gasteiger partial charge < -0.3 is 0 Å². The Morgan fingerprint density at radius 1 is 1.10 bits per heavy atom. The number of halogens is 3. The third-order valence-corrected chi connectivity index (χ3v) is 2.86. The normalized spacial score (nSPS) is 11.0. The van der Waals surface area contributed by atoms with Crippen LogP contribution in [0.5, 0.6) is 0 Å². The van der Waals surface area contributed by atoms with Crippen LogP contribution in [0.2, 0.25) is 0 Å². The van der Waals surface area contributed by atoms with Gasteiger partial charge in [0.15, 0.2) is 0 Å². The SMILES string of the molecule is N#Cc1cc([N+](=O)[O-])ccc1-c1ccc(C(F)(F)F)cc1. The molecular weight excluding hydrogens is 285 g/mol. The molecule has 0 amide bonds. The zero-order valence-corrected chi connectivity index (χ0v) is 10.4. The van der Waals surface area contributed by atoms with Crippen molar-refractivity contribution in [1.82, 2.24) is 0 Å². The number of non-ortho nitro benzene ring substituents is 1. The minimum absolute atomic E-state index is 0.0314. The van der Waals surface area contributed by atoms with Gasteiger partial charge in [-0.3, -0.25) is 10.1 Å². The maximum atomic E-state index is 12.5.